The van der Waals surface area contributed by atoms with Crippen LogP contribution in [0.4, 0.5) is 0 Å². The number of benzene rings is 7. The largest absolute Gasteiger partial charge is 0.228 e. The first-order valence-corrected chi connectivity index (χ1v) is 18.9. The normalized spacial score (nSPS) is 15.5. The molecule has 4 heteroatoms. The van der Waals surface area contributed by atoms with Crippen LogP contribution >= 0.6 is 23.1 Å². The zero-order chi connectivity index (χ0) is 33.5. The molecule has 7 aromatic carbocycles. The smallest absolute Gasteiger partial charge is 0.160 e. The third kappa shape index (κ3) is 4.18. The molecule has 1 atom stereocenters. The molecule has 51 heavy (non-hydrogen) atoms. The first-order chi connectivity index (χ1) is 25.3. The Morgan fingerprint density at radius 3 is 1.92 bits per heavy atom. The minimum atomic E-state index is -0.449. The van der Waals surface area contributed by atoms with Crippen molar-refractivity contribution < 1.29 is 0 Å². The first kappa shape index (κ1) is 29.0. The van der Waals surface area contributed by atoms with Gasteiger partial charge < -0.3 is 0 Å². The first-order valence-electron chi connectivity index (χ1n) is 17.2. The van der Waals surface area contributed by atoms with Gasteiger partial charge in [-0.2, -0.15) is 0 Å². The van der Waals surface area contributed by atoms with E-state index in [0.29, 0.717) is 0 Å². The molecule has 1 aliphatic carbocycles. The van der Waals surface area contributed by atoms with E-state index in [9.17, 15) is 0 Å². The number of thiophene rings is 1. The number of nitrogens with zero attached hydrogens (tertiary/aromatic N) is 2. The highest BCUT2D eigenvalue weighted by molar-refractivity contribution is 7.99. The highest BCUT2D eigenvalue weighted by atomic mass is 32.2. The van der Waals surface area contributed by atoms with Crippen LogP contribution in [-0.4, -0.2) is 9.97 Å². The van der Waals surface area contributed by atoms with Crippen LogP contribution in [0.5, 0.6) is 0 Å². The Morgan fingerprint density at radius 2 is 1.08 bits per heavy atom. The third-order valence-electron chi connectivity index (χ3n) is 10.6. The lowest BCUT2D eigenvalue weighted by molar-refractivity contribution is 0.723. The van der Waals surface area contributed by atoms with Gasteiger partial charge >= 0.3 is 0 Å². The molecular formula is C47H28N2S2. The van der Waals surface area contributed by atoms with Crippen LogP contribution in [0.1, 0.15) is 22.3 Å². The van der Waals surface area contributed by atoms with Crippen molar-refractivity contribution in [3.8, 4) is 45.0 Å². The molecule has 0 saturated heterocycles. The van der Waals surface area contributed by atoms with E-state index in [-0.39, 0.29) is 0 Å². The van der Waals surface area contributed by atoms with Crippen molar-refractivity contribution in [3.05, 3.63) is 192 Å². The summed E-state index contributed by atoms with van der Waals surface area (Å²) in [5.41, 5.74) is 12.6. The van der Waals surface area contributed by atoms with Gasteiger partial charge in [-0.3, -0.25) is 0 Å². The molecule has 0 radical (unpaired) electrons. The van der Waals surface area contributed by atoms with E-state index < -0.39 is 5.41 Å². The van der Waals surface area contributed by atoms with Gasteiger partial charge in [0.1, 0.15) is 0 Å². The predicted octanol–water partition coefficient (Wildman–Crippen LogP) is 12.7. The Labute approximate surface area is 304 Å². The van der Waals surface area contributed by atoms with Crippen LogP contribution in [0.3, 0.4) is 0 Å². The lowest BCUT2D eigenvalue weighted by Gasteiger charge is -2.39. The van der Waals surface area contributed by atoms with Crippen molar-refractivity contribution in [2.45, 2.75) is 15.2 Å². The van der Waals surface area contributed by atoms with Gasteiger partial charge in [-0.1, -0.05) is 151 Å². The maximum absolute atomic E-state index is 5.19. The fraction of sp³-hybridized carbons (Fsp3) is 0.0213. The van der Waals surface area contributed by atoms with Gasteiger partial charge in [-0.05, 0) is 63.7 Å². The van der Waals surface area contributed by atoms with E-state index in [1.807, 2.05) is 47.4 Å². The maximum atomic E-state index is 5.19. The maximum Gasteiger partial charge on any atom is 0.160 e. The molecule has 2 nitrogen and oxygen atoms in total. The lowest BCUT2D eigenvalue weighted by atomic mass is 9.67. The molecule has 1 spiro atoms. The molecule has 9 aromatic rings. The summed E-state index contributed by atoms with van der Waals surface area (Å²) in [4.78, 5) is 12.8. The van der Waals surface area contributed by atoms with Crippen molar-refractivity contribution in [1.29, 1.82) is 0 Å². The summed E-state index contributed by atoms with van der Waals surface area (Å²) < 4.78 is 2.67. The monoisotopic (exact) mass is 684 g/mol. The van der Waals surface area contributed by atoms with E-state index in [0.717, 1.165) is 33.9 Å². The molecule has 11 rings (SSSR count). The second-order valence-corrected chi connectivity index (χ2v) is 15.4. The minimum Gasteiger partial charge on any atom is -0.228 e. The molecule has 3 heterocycles. The molecule has 1 unspecified atom stereocenters. The average Bonchev–Trinajstić information content (AvgIpc) is 3.72. The Balaban J connectivity index is 1.18. The second-order valence-electron chi connectivity index (χ2n) is 13.3. The van der Waals surface area contributed by atoms with E-state index in [2.05, 4.69) is 146 Å². The fourth-order valence-electron chi connectivity index (χ4n) is 8.44. The van der Waals surface area contributed by atoms with Gasteiger partial charge in [-0.25, -0.2) is 9.97 Å². The van der Waals surface area contributed by atoms with Gasteiger partial charge in [-0.15, -0.1) is 11.3 Å². The highest BCUT2D eigenvalue weighted by Crippen LogP contribution is 2.64. The van der Waals surface area contributed by atoms with Gasteiger partial charge in [0.15, 0.2) is 5.82 Å². The summed E-state index contributed by atoms with van der Waals surface area (Å²) in [7, 11) is 0. The van der Waals surface area contributed by atoms with Gasteiger partial charge in [0, 0.05) is 46.7 Å². The van der Waals surface area contributed by atoms with Gasteiger partial charge in [0.05, 0.1) is 16.8 Å². The van der Waals surface area contributed by atoms with Crippen molar-refractivity contribution in [3.63, 3.8) is 0 Å². The summed E-state index contributed by atoms with van der Waals surface area (Å²) in [5, 5.41) is 2.71. The Bertz CT molecular complexity index is 2780. The molecule has 0 bridgehead atoms. The molecule has 0 saturated carbocycles. The SMILES string of the molecule is c1ccc(-c2cc(-c3ccc4c(c3)Sc3ccccc3C43c4ccccc4-c4c3ccc3sc5ccccc5c43)nc(-c3ccccc3)n2)cc1. The standard InChI is InChI=1S/C47H28N2S2/c1-3-13-29(14-4-1)38-28-39(49-46(48-38)30-15-5-2-6-16-30)31-23-24-36-43(27-31)51-41-22-12-10-20-35(41)47(36)34-19-9-7-17-32(34)44-37(47)25-26-42-45(44)33-18-8-11-21-40(33)50-42/h1-28H. The molecule has 2 aromatic heterocycles. The van der Waals surface area contributed by atoms with Crippen LogP contribution < -0.4 is 0 Å². The minimum absolute atomic E-state index is 0.449. The molecular weight excluding hydrogens is 657 g/mol. The topological polar surface area (TPSA) is 25.8 Å². The number of hydrogen-bond acceptors (Lipinski definition) is 4. The highest BCUT2D eigenvalue weighted by Gasteiger charge is 2.50. The molecule has 238 valence electrons. The van der Waals surface area contributed by atoms with Crippen molar-refractivity contribution in [2.24, 2.45) is 0 Å². The number of rotatable bonds is 3. The van der Waals surface area contributed by atoms with Crippen molar-refractivity contribution in [2.75, 3.05) is 0 Å². The number of hydrogen-bond donors (Lipinski definition) is 0. The molecule has 0 N–H and O–H groups in total. The summed E-state index contributed by atoms with van der Waals surface area (Å²) in [6, 6.07) is 61.7. The lowest BCUT2D eigenvalue weighted by Crippen LogP contribution is -2.31. The fourth-order valence-corrected chi connectivity index (χ4v) is 10.8. The third-order valence-corrected chi connectivity index (χ3v) is 12.8. The Kier molecular flexibility index (Phi) is 6.30. The average molecular weight is 685 g/mol. The van der Waals surface area contributed by atoms with E-state index in [1.54, 1.807) is 0 Å². The van der Waals surface area contributed by atoms with Gasteiger partial charge in [0.2, 0.25) is 0 Å². The van der Waals surface area contributed by atoms with E-state index >= 15 is 0 Å². The van der Waals surface area contributed by atoms with E-state index in [1.165, 1.54) is 63.3 Å². The van der Waals surface area contributed by atoms with Crippen LogP contribution in [0.25, 0.3) is 65.2 Å². The second kappa shape index (κ2) is 11.1. The summed E-state index contributed by atoms with van der Waals surface area (Å²) in [5.74, 6) is 0.727. The van der Waals surface area contributed by atoms with Crippen LogP contribution in [0.15, 0.2) is 180 Å². The van der Waals surface area contributed by atoms with Crippen molar-refractivity contribution in [1.82, 2.24) is 9.97 Å². The zero-order valence-corrected chi connectivity index (χ0v) is 29.0. The van der Waals surface area contributed by atoms with E-state index in [4.69, 9.17) is 9.97 Å². The summed E-state index contributed by atoms with van der Waals surface area (Å²) in [6.45, 7) is 0. The Morgan fingerprint density at radius 1 is 0.431 bits per heavy atom. The van der Waals surface area contributed by atoms with Crippen LogP contribution in [0.2, 0.25) is 0 Å². The number of fused-ring (bicyclic) bond motifs is 13. The van der Waals surface area contributed by atoms with Crippen molar-refractivity contribution >= 4 is 43.3 Å². The van der Waals surface area contributed by atoms with Crippen LogP contribution in [-0.2, 0) is 5.41 Å². The number of aromatic nitrogens is 2. The molecule has 0 fully saturated rings. The summed E-state index contributed by atoms with van der Waals surface area (Å²) in [6.07, 6.45) is 0. The molecule has 0 amide bonds. The summed E-state index contributed by atoms with van der Waals surface area (Å²) >= 11 is 3.76. The molecule has 1 aliphatic heterocycles. The Hall–Kier alpha value is -5.81. The molecule has 2 aliphatic rings. The van der Waals surface area contributed by atoms with Crippen LogP contribution in [0, 0.1) is 0 Å². The zero-order valence-electron chi connectivity index (χ0n) is 27.4. The quantitative estimate of drug-likeness (QED) is 0.185. The van der Waals surface area contributed by atoms with Gasteiger partial charge in [0.25, 0.3) is 0 Å². The predicted molar refractivity (Wildman–Crippen MR) is 213 cm³/mol.